The number of hydrogen-bond donors (Lipinski definition) is 1. The number of carboxylic acids is 1. The van der Waals surface area contributed by atoms with Crippen LogP contribution >= 0.6 is 0 Å². The first-order chi connectivity index (χ1) is 13.0. The van der Waals surface area contributed by atoms with Crippen LogP contribution in [0.5, 0.6) is 0 Å². The van der Waals surface area contributed by atoms with E-state index in [4.69, 9.17) is 0 Å². The van der Waals surface area contributed by atoms with Gasteiger partial charge in [0.15, 0.2) is 17.3 Å². The highest BCUT2D eigenvalue weighted by Crippen LogP contribution is 2.33. The van der Waals surface area contributed by atoms with Crippen molar-refractivity contribution in [2.45, 2.75) is 0 Å². The summed E-state index contributed by atoms with van der Waals surface area (Å²) in [6.07, 6.45) is 0. The van der Waals surface area contributed by atoms with Gasteiger partial charge in [-0.15, -0.1) is 0 Å². The van der Waals surface area contributed by atoms with E-state index in [2.05, 4.69) is 0 Å². The van der Waals surface area contributed by atoms with Gasteiger partial charge < -0.3 is 5.11 Å². The lowest BCUT2D eigenvalue weighted by Gasteiger charge is -2.21. The first-order valence-corrected chi connectivity index (χ1v) is 8.19. The Morgan fingerprint density at radius 3 is 1.67 bits per heavy atom. The summed E-state index contributed by atoms with van der Waals surface area (Å²) in [6, 6.07) is 17.0. The molecule has 1 aliphatic carbocycles. The van der Waals surface area contributed by atoms with Gasteiger partial charge in [0.2, 0.25) is 0 Å². The zero-order chi connectivity index (χ0) is 19.1. The normalized spacial score (nSPS) is 12.3. The van der Waals surface area contributed by atoms with Gasteiger partial charge in [-0.1, -0.05) is 54.6 Å². The van der Waals surface area contributed by atoms with E-state index in [1.807, 2.05) is 0 Å². The Bertz CT molecular complexity index is 1140. The Balaban J connectivity index is 2.03. The average molecular weight is 356 g/mol. The molecule has 0 saturated carbocycles. The smallest absolute Gasteiger partial charge is 0.336 e. The average Bonchev–Trinajstić information content (AvgIpc) is 2.71. The molecule has 0 saturated heterocycles. The molecule has 27 heavy (non-hydrogen) atoms. The van der Waals surface area contributed by atoms with Crippen LogP contribution in [-0.2, 0) is 0 Å². The van der Waals surface area contributed by atoms with Gasteiger partial charge in [0.05, 0.1) is 5.56 Å². The van der Waals surface area contributed by atoms with E-state index < -0.39 is 23.3 Å². The van der Waals surface area contributed by atoms with Crippen LogP contribution < -0.4 is 0 Å². The predicted molar refractivity (Wildman–Crippen MR) is 96.6 cm³/mol. The molecule has 3 aromatic rings. The van der Waals surface area contributed by atoms with Gasteiger partial charge in [0, 0.05) is 33.4 Å². The molecule has 0 amide bonds. The monoisotopic (exact) mass is 356 g/mol. The van der Waals surface area contributed by atoms with Crippen molar-refractivity contribution < 1.29 is 24.3 Å². The van der Waals surface area contributed by atoms with Crippen molar-refractivity contribution in [2.24, 2.45) is 0 Å². The summed E-state index contributed by atoms with van der Waals surface area (Å²) in [7, 11) is 0. The van der Waals surface area contributed by atoms with Crippen molar-refractivity contribution in [1.29, 1.82) is 0 Å². The maximum Gasteiger partial charge on any atom is 0.336 e. The van der Waals surface area contributed by atoms with Crippen LogP contribution in [0.15, 0.2) is 66.7 Å². The van der Waals surface area contributed by atoms with Crippen LogP contribution in [0.4, 0.5) is 0 Å². The Morgan fingerprint density at radius 1 is 0.630 bits per heavy atom. The second-order valence-corrected chi connectivity index (χ2v) is 6.11. The molecule has 3 aromatic carbocycles. The molecule has 4 rings (SSSR count). The fourth-order valence-corrected chi connectivity index (χ4v) is 3.34. The Hall–Kier alpha value is -3.86. The molecule has 0 aromatic heterocycles. The van der Waals surface area contributed by atoms with Crippen LogP contribution in [0.3, 0.4) is 0 Å². The van der Waals surface area contributed by atoms with Gasteiger partial charge in [-0.2, -0.15) is 0 Å². The van der Waals surface area contributed by atoms with Crippen LogP contribution in [0.2, 0.25) is 0 Å². The lowest BCUT2D eigenvalue weighted by atomic mass is 9.78. The van der Waals surface area contributed by atoms with E-state index in [0.717, 1.165) is 0 Å². The highest BCUT2D eigenvalue weighted by atomic mass is 16.4. The zero-order valence-electron chi connectivity index (χ0n) is 13.9. The highest BCUT2D eigenvalue weighted by Gasteiger charge is 2.36. The summed E-state index contributed by atoms with van der Waals surface area (Å²) >= 11 is 0. The van der Waals surface area contributed by atoms with Gasteiger partial charge in [-0.25, -0.2) is 4.79 Å². The first-order valence-electron chi connectivity index (χ1n) is 8.19. The summed E-state index contributed by atoms with van der Waals surface area (Å²) in [5.41, 5.74) is 0.0142. The largest absolute Gasteiger partial charge is 0.478 e. The molecule has 1 N–H and O–H groups in total. The SMILES string of the molecule is O=C(O)c1ccc(C(=O)c2ccccc2)c2c1C(=O)c1ccccc1C2=O. The van der Waals surface area contributed by atoms with E-state index in [9.17, 15) is 24.3 Å². The minimum Gasteiger partial charge on any atom is -0.478 e. The number of carbonyl (C=O) groups excluding carboxylic acids is 3. The molecule has 0 atom stereocenters. The minimum absolute atomic E-state index is 0.0223. The van der Waals surface area contributed by atoms with Crippen LogP contribution in [0.1, 0.15) is 58.1 Å². The number of benzene rings is 3. The number of hydrogen-bond acceptors (Lipinski definition) is 4. The fraction of sp³-hybridized carbons (Fsp3) is 0. The lowest BCUT2D eigenvalue weighted by Crippen LogP contribution is -2.26. The van der Waals surface area contributed by atoms with Gasteiger partial charge in [-0.3, -0.25) is 14.4 Å². The predicted octanol–water partition coefficient (Wildman–Crippen LogP) is 3.39. The topological polar surface area (TPSA) is 88.5 Å². The maximum atomic E-state index is 13.1. The Morgan fingerprint density at radius 2 is 1.11 bits per heavy atom. The molecule has 0 fully saturated rings. The van der Waals surface area contributed by atoms with Crippen molar-refractivity contribution >= 4 is 23.3 Å². The van der Waals surface area contributed by atoms with Crippen molar-refractivity contribution in [2.75, 3.05) is 0 Å². The van der Waals surface area contributed by atoms with E-state index in [-0.39, 0.29) is 33.4 Å². The standard InChI is InChI=1S/C22H12O5/c23-19(12-6-2-1-3-7-12)15-10-11-16(22(26)27)18-17(15)20(24)13-8-4-5-9-14(13)21(18)25/h1-11H,(H,26,27). The molecule has 0 spiro atoms. The number of carboxylic acid groups (broad SMARTS) is 1. The molecule has 0 radical (unpaired) electrons. The second kappa shape index (κ2) is 6.14. The van der Waals surface area contributed by atoms with Crippen LogP contribution in [-0.4, -0.2) is 28.4 Å². The van der Waals surface area contributed by atoms with Crippen LogP contribution in [0, 0.1) is 0 Å². The van der Waals surface area contributed by atoms with Crippen molar-refractivity contribution in [3.05, 3.63) is 106 Å². The first kappa shape index (κ1) is 16.6. The van der Waals surface area contributed by atoms with Gasteiger partial charge in [-0.05, 0) is 12.1 Å². The third-order valence-electron chi connectivity index (χ3n) is 4.59. The molecule has 5 heteroatoms. The van der Waals surface area contributed by atoms with E-state index >= 15 is 0 Å². The molecule has 0 heterocycles. The van der Waals surface area contributed by atoms with Crippen molar-refractivity contribution in [1.82, 2.24) is 0 Å². The minimum atomic E-state index is -1.33. The lowest BCUT2D eigenvalue weighted by molar-refractivity contribution is 0.0692. The van der Waals surface area contributed by atoms with E-state index in [1.165, 1.54) is 24.3 Å². The summed E-state index contributed by atoms with van der Waals surface area (Å²) < 4.78 is 0. The van der Waals surface area contributed by atoms with Gasteiger partial charge in [0.1, 0.15) is 0 Å². The molecule has 5 nitrogen and oxygen atoms in total. The molecule has 130 valence electrons. The molecule has 1 aliphatic rings. The van der Waals surface area contributed by atoms with Crippen molar-refractivity contribution in [3.63, 3.8) is 0 Å². The summed E-state index contributed by atoms with van der Waals surface area (Å²) in [4.78, 5) is 50.6. The number of carbonyl (C=O) groups is 4. The summed E-state index contributed by atoms with van der Waals surface area (Å²) in [5.74, 6) is -2.86. The molecular weight excluding hydrogens is 344 g/mol. The number of rotatable bonds is 3. The molecule has 0 bridgehead atoms. The number of ketones is 3. The summed E-state index contributed by atoms with van der Waals surface area (Å²) in [5, 5.41) is 9.49. The highest BCUT2D eigenvalue weighted by molar-refractivity contribution is 6.33. The van der Waals surface area contributed by atoms with Crippen molar-refractivity contribution in [3.8, 4) is 0 Å². The van der Waals surface area contributed by atoms with E-state index in [0.29, 0.717) is 5.56 Å². The third kappa shape index (κ3) is 2.48. The third-order valence-corrected chi connectivity index (χ3v) is 4.59. The molecule has 0 unspecified atom stereocenters. The number of fused-ring (bicyclic) bond motifs is 2. The van der Waals surface area contributed by atoms with Crippen LogP contribution in [0.25, 0.3) is 0 Å². The molecular formula is C22H12O5. The van der Waals surface area contributed by atoms with E-state index in [1.54, 1.807) is 42.5 Å². The fourth-order valence-electron chi connectivity index (χ4n) is 3.34. The summed E-state index contributed by atoms with van der Waals surface area (Å²) in [6.45, 7) is 0. The zero-order valence-corrected chi connectivity index (χ0v) is 13.9. The number of aromatic carboxylic acids is 1. The Kier molecular flexibility index (Phi) is 3.78. The van der Waals surface area contributed by atoms with Gasteiger partial charge in [0.25, 0.3) is 0 Å². The second-order valence-electron chi connectivity index (χ2n) is 6.11. The Labute approximate surface area is 153 Å². The maximum absolute atomic E-state index is 13.1. The quantitative estimate of drug-likeness (QED) is 0.569. The molecule has 0 aliphatic heterocycles. The van der Waals surface area contributed by atoms with Gasteiger partial charge >= 0.3 is 5.97 Å².